The van der Waals surface area contributed by atoms with Gasteiger partial charge in [0.15, 0.2) is 0 Å². The second-order valence-electron chi connectivity index (χ2n) is 4.01. The lowest BCUT2D eigenvalue weighted by Gasteiger charge is -2.03. The zero-order valence-electron chi connectivity index (χ0n) is 9.86. The molecular weight excluding hydrogens is 228 g/mol. The van der Waals surface area contributed by atoms with Crippen LogP contribution in [0.15, 0.2) is 36.7 Å². The highest BCUT2D eigenvalue weighted by atomic mass is 16.5. The molecule has 0 atom stereocenters. The molecule has 4 nitrogen and oxygen atoms in total. The largest absolute Gasteiger partial charge is 0.465 e. The molecule has 0 amide bonds. The number of carbonyl (C=O) groups excluding carboxylic acids is 1. The summed E-state index contributed by atoms with van der Waals surface area (Å²) in [6.45, 7) is 0. The van der Waals surface area contributed by atoms with E-state index in [1.165, 1.54) is 7.11 Å². The molecule has 3 rings (SSSR count). The van der Waals surface area contributed by atoms with Crippen molar-refractivity contribution in [2.45, 2.75) is 0 Å². The maximum atomic E-state index is 11.8. The molecule has 90 valence electrons. The molecule has 4 heteroatoms. The van der Waals surface area contributed by atoms with Gasteiger partial charge in [-0.05, 0) is 12.1 Å². The lowest BCUT2D eigenvalue weighted by atomic mass is 10.1. The molecule has 1 aliphatic rings. The summed E-state index contributed by atoms with van der Waals surface area (Å²) in [4.78, 5) is 15.0. The third-order valence-electron chi connectivity index (χ3n) is 2.99. The van der Waals surface area contributed by atoms with Crippen molar-refractivity contribution in [2.24, 2.45) is 0 Å². The summed E-state index contributed by atoms with van der Waals surface area (Å²) in [5.74, 6) is -0.362. The van der Waals surface area contributed by atoms with Crippen LogP contribution >= 0.6 is 0 Å². The molecule has 0 fully saturated rings. The van der Waals surface area contributed by atoms with Gasteiger partial charge in [-0.25, -0.2) is 4.79 Å². The molecule has 1 aromatic carbocycles. The summed E-state index contributed by atoms with van der Waals surface area (Å²) < 4.78 is 4.80. The molecule has 1 aromatic heterocycles. The van der Waals surface area contributed by atoms with Gasteiger partial charge in [-0.3, -0.25) is 0 Å². The summed E-state index contributed by atoms with van der Waals surface area (Å²) in [5.41, 5.74) is 3.27. The van der Waals surface area contributed by atoms with Gasteiger partial charge in [0.2, 0.25) is 0 Å². The highest BCUT2D eigenvalue weighted by molar-refractivity contribution is 6.18. The van der Waals surface area contributed by atoms with Gasteiger partial charge in [0, 0.05) is 28.9 Å². The van der Waals surface area contributed by atoms with Crippen molar-refractivity contribution in [2.75, 3.05) is 7.11 Å². The van der Waals surface area contributed by atoms with E-state index in [0.29, 0.717) is 5.57 Å². The number of nitrogens with one attached hydrogen (secondary N) is 2. The molecule has 0 unspecified atom stereocenters. The third kappa shape index (κ3) is 1.50. The Morgan fingerprint density at radius 3 is 2.94 bits per heavy atom. The number of fused-ring (bicyclic) bond motifs is 3. The Bertz CT molecular complexity index is 680. The van der Waals surface area contributed by atoms with Gasteiger partial charge in [-0.15, -0.1) is 0 Å². The van der Waals surface area contributed by atoms with Crippen LogP contribution in [0.4, 0.5) is 0 Å². The van der Waals surface area contributed by atoms with Gasteiger partial charge in [-0.2, -0.15) is 0 Å². The molecule has 2 heterocycles. The number of carbonyl (C=O) groups is 1. The molecule has 18 heavy (non-hydrogen) atoms. The van der Waals surface area contributed by atoms with Crippen molar-refractivity contribution in [3.05, 3.63) is 47.9 Å². The highest BCUT2D eigenvalue weighted by Gasteiger charge is 2.20. The minimum Gasteiger partial charge on any atom is -0.465 e. The number of methoxy groups -OCH3 is 1. The molecule has 0 aliphatic carbocycles. The summed E-state index contributed by atoms with van der Waals surface area (Å²) in [5, 5.41) is 4.03. The van der Waals surface area contributed by atoms with Crippen LogP contribution in [-0.4, -0.2) is 18.1 Å². The maximum absolute atomic E-state index is 11.8. The van der Waals surface area contributed by atoms with E-state index in [9.17, 15) is 4.79 Å². The van der Waals surface area contributed by atoms with Crippen LogP contribution in [0, 0.1) is 0 Å². The number of esters is 1. The van der Waals surface area contributed by atoms with E-state index >= 15 is 0 Å². The number of aromatic amines is 1. The lowest BCUT2D eigenvalue weighted by Crippen LogP contribution is -2.07. The molecule has 2 aromatic rings. The van der Waals surface area contributed by atoms with Crippen molar-refractivity contribution in [1.29, 1.82) is 0 Å². The second kappa shape index (κ2) is 4.07. The Morgan fingerprint density at radius 2 is 2.11 bits per heavy atom. The zero-order valence-corrected chi connectivity index (χ0v) is 9.86. The predicted molar refractivity (Wildman–Crippen MR) is 70.5 cm³/mol. The monoisotopic (exact) mass is 240 g/mol. The first kappa shape index (κ1) is 10.7. The van der Waals surface area contributed by atoms with Crippen molar-refractivity contribution >= 4 is 28.5 Å². The Balaban J connectivity index is 2.28. The number of hydrogen-bond acceptors (Lipinski definition) is 3. The smallest absolute Gasteiger partial charge is 0.341 e. The average Bonchev–Trinajstić information content (AvgIpc) is 2.64. The fraction of sp³-hybridized carbons (Fsp3) is 0.0714. The highest BCUT2D eigenvalue weighted by Crippen LogP contribution is 2.29. The number of rotatable bonds is 1. The minimum absolute atomic E-state index is 0.362. The van der Waals surface area contributed by atoms with Crippen molar-refractivity contribution in [3.63, 3.8) is 0 Å². The van der Waals surface area contributed by atoms with Crippen LogP contribution in [0.2, 0.25) is 0 Å². The molecule has 0 radical (unpaired) electrons. The number of ether oxygens (including phenoxy) is 1. The zero-order chi connectivity index (χ0) is 12.5. The van der Waals surface area contributed by atoms with Gasteiger partial charge in [0.1, 0.15) is 0 Å². The average molecular weight is 240 g/mol. The van der Waals surface area contributed by atoms with Crippen LogP contribution in [0.3, 0.4) is 0 Å². The summed E-state index contributed by atoms with van der Waals surface area (Å²) in [6, 6.07) is 7.95. The Labute approximate surface area is 104 Å². The molecule has 2 N–H and O–H groups in total. The van der Waals surface area contributed by atoms with Crippen LogP contribution < -0.4 is 5.32 Å². The molecule has 1 aliphatic heterocycles. The second-order valence-corrected chi connectivity index (χ2v) is 4.01. The van der Waals surface area contributed by atoms with Gasteiger partial charge < -0.3 is 15.0 Å². The molecule has 0 bridgehead atoms. The number of benzene rings is 1. The topological polar surface area (TPSA) is 54.1 Å². The quantitative estimate of drug-likeness (QED) is 0.752. The summed E-state index contributed by atoms with van der Waals surface area (Å²) in [7, 11) is 1.38. The van der Waals surface area contributed by atoms with Crippen molar-refractivity contribution in [1.82, 2.24) is 10.3 Å². The predicted octanol–water partition coefficient (Wildman–Crippen LogP) is 2.26. The molecular formula is C14H12N2O2. The Morgan fingerprint density at radius 1 is 1.28 bits per heavy atom. The van der Waals surface area contributed by atoms with Gasteiger partial charge in [-0.1, -0.05) is 18.2 Å². The third-order valence-corrected chi connectivity index (χ3v) is 2.99. The number of H-pyrrole nitrogens is 1. The molecule has 0 spiro atoms. The summed E-state index contributed by atoms with van der Waals surface area (Å²) >= 11 is 0. The SMILES string of the molecule is COC(=O)C1=CNC=Cc2c1[nH]c1ccccc21. The number of para-hydroxylation sites is 1. The van der Waals surface area contributed by atoms with Crippen molar-refractivity contribution in [3.8, 4) is 0 Å². The molecule has 0 saturated carbocycles. The maximum Gasteiger partial charge on any atom is 0.341 e. The van der Waals surface area contributed by atoms with Crippen LogP contribution in [0.1, 0.15) is 11.3 Å². The van der Waals surface area contributed by atoms with E-state index in [0.717, 1.165) is 22.2 Å². The lowest BCUT2D eigenvalue weighted by molar-refractivity contribution is -0.133. The Kier molecular flexibility index (Phi) is 2.41. The van der Waals surface area contributed by atoms with E-state index in [1.54, 1.807) is 12.4 Å². The van der Waals surface area contributed by atoms with E-state index in [1.807, 2.05) is 30.3 Å². The van der Waals surface area contributed by atoms with Gasteiger partial charge in [0.25, 0.3) is 0 Å². The van der Waals surface area contributed by atoms with Crippen LogP contribution in [-0.2, 0) is 9.53 Å². The van der Waals surface area contributed by atoms with Gasteiger partial charge >= 0.3 is 5.97 Å². The van der Waals surface area contributed by atoms with E-state index in [-0.39, 0.29) is 5.97 Å². The number of hydrogen-bond donors (Lipinski definition) is 2. The van der Waals surface area contributed by atoms with E-state index in [4.69, 9.17) is 4.74 Å². The normalized spacial score (nSPS) is 13.5. The summed E-state index contributed by atoms with van der Waals surface area (Å²) in [6.07, 6.45) is 5.39. The van der Waals surface area contributed by atoms with Crippen LogP contribution in [0.25, 0.3) is 22.6 Å². The minimum atomic E-state index is -0.362. The van der Waals surface area contributed by atoms with Crippen molar-refractivity contribution < 1.29 is 9.53 Å². The van der Waals surface area contributed by atoms with E-state index in [2.05, 4.69) is 10.3 Å². The first-order chi connectivity index (χ1) is 8.81. The van der Waals surface area contributed by atoms with Gasteiger partial charge in [0.05, 0.1) is 18.4 Å². The fourth-order valence-corrected chi connectivity index (χ4v) is 2.16. The first-order valence-electron chi connectivity index (χ1n) is 5.63. The molecule has 0 saturated heterocycles. The standard InChI is InChI=1S/C14H12N2O2/c1-18-14(17)11-8-15-7-6-10-9-4-2-3-5-12(9)16-13(10)11/h2-8,15-16H,1H3. The number of aromatic nitrogens is 1. The fourth-order valence-electron chi connectivity index (χ4n) is 2.16. The van der Waals surface area contributed by atoms with Crippen LogP contribution in [0.5, 0.6) is 0 Å². The Hall–Kier alpha value is -2.49. The van der Waals surface area contributed by atoms with E-state index < -0.39 is 0 Å². The first-order valence-corrected chi connectivity index (χ1v) is 5.63.